The van der Waals surface area contributed by atoms with Gasteiger partial charge in [0.05, 0.1) is 0 Å². The van der Waals surface area contributed by atoms with Crippen molar-refractivity contribution in [2.45, 2.75) is 6.92 Å². The van der Waals surface area contributed by atoms with Gasteiger partial charge in [0.2, 0.25) is 0 Å². The van der Waals surface area contributed by atoms with Crippen LogP contribution in [0.1, 0.15) is 11.4 Å². The number of nitrogens with zero attached hydrogens (tertiary/aromatic N) is 3. The molecule has 2 rings (SSSR count). The van der Waals surface area contributed by atoms with Crippen LogP contribution in [0.3, 0.4) is 0 Å². The second-order valence-electron chi connectivity index (χ2n) is 3.24. The van der Waals surface area contributed by atoms with Gasteiger partial charge in [0.1, 0.15) is 0 Å². The molecule has 0 unspecified atom stereocenters. The van der Waals surface area contributed by atoms with Gasteiger partial charge in [-0.1, -0.05) is 42.0 Å². The fraction of sp³-hybridized carbons (Fsp3) is 0.100. The minimum absolute atomic E-state index is 0.487. The molecule has 0 aliphatic carbocycles. The normalized spacial score (nSPS) is 10.2. The molecule has 1 aromatic heterocycles. The summed E-state index contributed by atoms with van der Waals surface area (Å²) in [5, 5.41) is 9.25. The third-order valence-corrected chi connectivity index (χ3v) is 2.35. The SMILES string of the molecule is Cc1ccc(-c2nnc(C=S)n2N)cc1. The van der Waals surface area contributed by atoms with Gasteiger partial charge in [0, 0.05) is 10.9 Å². The predicted octanol–water partition coefficient (Wildman–Crippen LogP) is 1.32. The highest BCUT2D eigenvalue weighted by atomic mass is 32.1. The molecule has 2 N–H and O–H groups in total. The third kappa shape index (κ3) is 1.73. The Morgan fingerprint density at radius 2 is 1.93 bits per heavy atom. The number of aryl methyl sites for hydroxylation is 1. The Bertz CT molecular complexity index is 487. The molecular weight excluding hydrogens is 208 g/mol. The van der Waals surface area contributed by atoms with E-state index in [2.05, 4.69) is 10.2 Å². The number of nitrogens with two attached hydrogens (primary N) is 1. The number of benzene rings is 1. The van der Waals surface area contributed by atoms with Gasteiger partial charge in [0.15, 0.2) is 11.6 Å². The summed E-state index contributed by atoms with van der Waals surface area (Å²) in [6, 6.07) is 7.91. The smallest absolute Gasteiger partial charge is 0.186 e. The van der Waals surface area contributed by atoms with Crippen molar-refractivity contribution in [2.75, 3.05) is 5.84 Å². The maximum absolute atomic E-state index is 5.78. The molecule has 0 bridgehead atoms. The molecule has 0 saturated carbocycles. The van der Waals surface area contributed by atoms with E-state index in [-0.39, 0.29) is 0 Å². The number of hydrogen-bond acceptors (Lipinski definition) is 4. The quantitative estimate of drug-likeness (QED) is 0.610. The van der Waals surface area contributed by atoms with Gasteiger partial charge >= 0.3 is 0 Å². The first-order valence-electron chi connectivity index (χ1n) is 4.45. The van der Waals surface area contributed by atoms with Gasteiger partial charge in [-0.05, 0) is 6.92 Å². The molecule has 0 fully saturated rings. The van der Waals surface area contributed by atoms with Crippen LogP contribution in [-0.4, -0.2) is 20.2 Å². The predicted molar refractivity (Wildman–Crippen MR) is 63.1 cm³/mol. The van der Waals surface area contributed by atoms with Gasteiger partial charge in [-0.25, -0.2) is 4.68 Å². The second kappa shape index (κ2) is 3.78. The van der Waals surface area contributed by atoms with E-state index in [4.69, 9.17) is 18.1 Å². The van der Waals surface area contributed by atoms with Gasteiger partial charge < -0.3 is 5.84 Å². The molecule has 15 heavy (non-hydrogen) atoms. The Hall–Kier alpha value is -1.75. The molecule has 1 heterocycles. The minimum Gasteiger partial charge on any atom is -0.336 e. The van der Waals surface area contributed by atoms with E-state index >= 15 is 0 Å². The van der Waals surface area contributed by atoms with Crippen LogP contribution in [-0.2, 0) is 0 Å². The van der Waals surface area contributed by atoms with Crippen molar-refractivity contribution in [1.82, 2.24) is 14.9 Å². The average molecular weight is 218 g/mol. The van der Waals surface area contributed by atoms with Crippen LogP contribution >= 0.6 is 12.2 Å². The van der Waals surface area contributed by atoms with Crippen molar-refractivity contribution in [2.24, 2.45) is 0 Å². The highest BCUT2D eigenvalue weighted by Crippen LogP contribution is 2.16. The van der Waals surface area contributed by atoms with E-state index in [1.54, 1.807) is 0 Å². The number of nitrogen functional groups attached to an aromatic ring is 1. The molecule has 4 nitrogen and oxygen atoms in total. The van der Waals surface area contributed by atoms with Crippen molar-refractivity contribution in [3.8, 4) is 11.4 Å². The molecule has 5 heteroatoms. The summed E-state index contributed by atoms with van der Waals surface area (Å²) in [6.07, 6.45) is 0. The van der Waals surface area contributed by atoms with E-state index in [1.807, 2.05) is 31.2 Å². The first-order chi connectivity index (χ1) is 7.22. The first kappa shape index (κ1) is 9.79. The van der Waals surface area contributed by atoms with Gasteiger partial charge in [-0.15, -0.1) is 10.2 Å². The van der Waals surface area contributed by atoms with E-state index in [1.165, 1.54) is 15.6 Å². The largest absolute Gasteiger partial charge is 0.336 e. The maximum Gasteiger partial charge on any atom is 0.186 e. The zero-order valence-electron chi connectivity index (χ0n) is 8.21. The maximum atomic E-state index is 5.78. The molecule has 0 aliphatic heterocycles. The molecule has 2 aromatic rings. The van der Waals surface area contributed by atoms with Crippen molar-refractivity contribution < 1.29 is 0 Å². The second-order valence-corrected chi connectivity index (χ2v) is 3.47. The monoisotopic (exact) mass is 218 g/mol. The lowest BCUT2D eigenvalue weighted by Gasteiger charge is -2.01. The van der Waals surface area contributed by atoms with Crippen LogP contribution in [0.15, 0.2) is 24.3 Å². The molecular formula is C10H10N4S. The highest BCUT2D eigenvalue weighted by molar-refractivity contribution is 7.79. The van der Waals surface area contributed by atoms with Gasteiger partial charge in [-0.3, -0.25) is 0 Å². The molecule has 1 aromatic carbocycles. The fourth-order valence-electron chi connectivity index (χ4n) is 1.28. The molecule has 0 radical (unpaired) electrons. The first-order valence-corrected chi connectivity index (χ1v) is 4.92. The topological polar surface area (TPSA) is 56.7 Å². The standard InChI is InChI=1S/C10H10N4S/c1-7-2-4-8(5-3-7)10-13-12-9(6-15)14(10)11/h2-6H,11H2,1H3. The highest BCUT2D eigenvalue weighted by Gasteiger charge is 2.08. The van der Waals surface area contributed by atoms with Crippen LogP contribution in [0.5, 0.6) is 0 Å². The van der Waals surface area contributed by atoms with Crippen molar-refractivity contribution in [3.05, 3.63) is 35.7 Å². The number of rotatable bonds is 2. The summed E-state index contributed by atoms with van der Waals surface area (Å²) in [4.78, 5) is 0. The van der Waals surface area contributed by atoms with E-state index in [0.29, 0.717) is 11.6 Å². The van der Waals surface area contributed by atoms with Gasteiger partial charge in [-0.2, -0.15) is 0 Å². The summed E-state index contributed by atoms with van der Waals surface area (Å²) in [6.45, 7) is 2.03. The van der Waals surface area contributed by atoms with E-state index in [0.717, 1.165) is 5.56 Å². The van der Waals surface area contributed by atoms with Crippen LogP contribution in [0, 0.1) is 6.92 Å². The third-order valence-electron chi connectivity index (χ3n) is 2.14. The Morgan fingerprint density at radius 1 is 1.27 bits per heavy atom. The summed E-state index contributed by atoms with van der Waals surface area (Å²) < 4.78 is 1.39. The van der Waals surface area contributed by atoms with Crippen molar-refractivity contribution >= 4 is 17.6 Å². The molecule has 76 valence electrons. The molecule has 0 atom stereocenters. The lowest BCUT2D eigenvalue weighted by atomic mass is 10.1. The van der Waals surface area contributed by atoms with Crippen molar-refractivity contribution in [1.29, 1.82) is 0 Å². The van der Waals surface area contributed by atoms with Crippen LogP contribution < -0.4 is 5.84 Å². The minimum atomic E-state index is 0.487. The van der Waals surface area contributed by atoms with E-state index in [9.17, 15) is 0 Å². The molecule has 0 saturated heterocycles. The molecule has 0 amide bonds. The van der Waals surface area contributed by atoms with Crippen LogP contribution in [0.2, 0.25) is 0 Å². The fourth-order valence-corrected chi connectivity index (χ4v) is 1.44. The van der Waals surface area contributed by atoms with Crippen molar-refractivity contribution in [3.63, 3.8) is 0 Å². The summed E-state index contributed by atoms with van der Waals surface area (Å²) in [7, 11) is 0. The Kier molecular flexibility index (Phi) is 2.47. The number of aromatic nitrogens is 3. The Balaban J connectivity index is 2.49. The average Bonchev–Trinajstić information content (AvgIpc) is 2.61. The van der Waals surface area contributed by atoms with Crippen LogP contribution in [0.4, 0.5) is 0 Å². The zero-order valence-corrected chi connectivity index (χ0v) is 9.03. The summed E-state index contributed by atoms with van der Waals surface area (Å²) >= 11 is 4.76. The molecule has 0 aliphatic rings. The zero-order chi connectivity index (χ0) is 10.8. The lowest BCUT2D eigenvalue weighted by Crippen LogP contribution is -2.13. The molecule has 0 spiro atoms. The van der Waals surface area contributed by atoms with Crippen LogP contribution in [0.25, 0.3) is 11.4 Å². The Labute approximate surface area is 92.7 Å². The summed E-state index contributed by atoms with van der Waals surface area (Å²) in [5.74, 6) is 6.88. The summed E-state index contributed by atoms with van der Waals surface area (Å²) in [5.41, 5.74) is 2.12. The lowest BCUT2D eigenvalue weighted by molar-refractivity contribution is 0.996. The van der Waals surface area contributed by atoms with Gasteiger partial charge in [0.25, 0.3) is 0 Å². The van der Waals surface area contributed by atoms with E-state index < -0.39 is 0 Å². The number of hydrogen-bond donors (Lipinski definition) is 1. The number of thiocarbonyl (C=S) groups is 1. The Morgan fingerprint density at radius 3 is 2.47 bits per heavy atom.